The van der Waals surface area contributed by atoms with Gasteiger partial charge in [0.05, 0.1) is 23.7 Å². The van der Waals surface area contributed by atoms with Crippen LogP contribution in [0.2, 0.25) is 0 Å². The van der Waals surface area contributed by atoms with Crippen LogP contribution in [0.15, 0.2) is 48.5 Å². The van der Waals surface area contributed by atoms with Gasteiger partial charge in [-0.05, 0) is 38.1 Å². The molecule has 130 valence electrons. The van der Waals surface area contributed by atoms with Gasteiger partial charge in [-0.2, -0.15) is 0 Å². The molecule has 0 fully saturated rings. The van der Waals surface area contributed by atoms with E-state index >= 15 is 0 Å². The molecule has 1 aromatic heterocycles. The number of benzene rings is 2. The number of aromatic amines is 1. The molecule has 0 radical (unpaired) electrons. The van der Waals surface area contributed by atoms with Crippen LogP contribution in [0.4, 0.5) is 0 Å². The third kappa shape index (κ3) is 4.09. The van der Waals surface area contributed by atoms with Crippen molar-refractivity contribution in [3.05, 3.63) is 54.4 Å². The molecule has 1 atom stereocenters. The summed E-state index contributed by atoms with van der Waals surface area (Å²) in [6.45, 7) is 4.23. The van der Waals surface area contributed by atoms with Crippen molar-refractivity contribution in [3.63, 3.8) is 0 Å². The summed E-state index contributed by atoms with van der Waals surface area (Å²) in [4.78, 5) is 19.9. The van der Waals surface area contributed by atoms with Crippen LogP contribution in [0.3, 0.4) is 0 Å². The first-order valence-electron chi connectivity index (χ1n) is 8.26. The molecule has 0 aliphatic heterocycles. The van der Waals surface area contributed by atoms with Gasteiger partial charge in [0, 0.05) is 0 Å². The van der Waals surface area contributed by atoms with Crippen molar-refractivity contribution >= 4 is 16.9 Å². The van der Waals surface area contributed by atoms with E-state index in [2.05, 4.69) is 15.3 Å². The molecule has 6 nitrogen and oxygen atoms in total. The summed E-state index contributed by atoms with van der Waals surface area (Å²) in [5.41, 5.74) is 1.82. The number of fused-ring (bicyclic) bond motifs is 1. The highest BCUT2D eigenvalue weighted by atomic mass is 16.5. The van der Waals surface area contributed by atoms with E-state index in [4.69, 9.17) is 9.47 Å². The number of carbonyl (C=O) groups excluding carboxylic acids is 1. The fraction of sp³-hybridized carbons (Fsp3) is 0.263. The van der Waals surface area contributed by atoms with Gasteiger partial charge >= 0.3 is 0 Å². The first-order valence-corrected chi connectivity index (χ1v) is 8.26. The van der Waals surface area contributed by atoms with Crippen LogP contribution < -0.4 is 14.8 Å². The molecule has 0 saturated heterocycles. The lowest BCUT2D eigenvalue weighted by molar-refractivity contribution is -0.123. The molecule has 1 heterocycles. The van der Waals surface area contributed by atoms with E-state index in [-0.39, 0.29) is 18.6 Å². The Kier molecular flexibility index (Phi) is 5.18. The summed E-state index contributed by atoms with van der Waals surface area (Å²) in [6.07, 6.45) is 0. The number of carbonyl (C=O) groups is 1. The summed E-state index contributed by atoms with van der Waals surface area (Å²) >= 11 is 0. The lowest BCUT2D eigenvalue weighted by atomic mass is 10.3. The van der Waals surface area contributed by atoms with Gasteiger partial charge < -0.3 is 19.8 Å². The van der Waals surface area contributed by atoms with Crippen molar-refractivity contribution in [2.24, 2.45) is 0 Å². The smallest absolute Gasteiger partial charge is 0.258 e. The highest BCUT2D eigenvalue weighted by molar-refractivity contribution is 5.78. The van der Waals surface area contributed by atoms with Gasteiger partial charge in [0.25, 0.3) is 5.91 Å². The first-order chi connectivity index (χ1) is 12.2. The van der Waals surface area contributed by atoms with Crippen molar-refractivity contribution < 1.29 is 14.3 Å². The zero-order chi connectivity index (χ0) is 17.6. The molecule has 2 aromatic carbocycles. The topological polar surface area (TPSA) is 76.2 Å². The number of nitrogens with zero attached hydrogens (tertiary/aromatic N) is 1. The van der Waals surface area contributed by atoms with Gasteiger partial charge in [0.1, 0.15) is 5.82 Å². The quantitative estimate of drug-likeness (QED) is 0.693. The largest absolute Gasteiger partial charge is 0.490 e. The Bertz CT molecular complexity index is 827. The summed E-state index contributed by atoms with van der Waals surface area (Å²) in [6, 6.07) is 14.8. The molecule has 6 heteroatoms. The number of imidazole rings is 1. The molecule has 0 aliphatic carbocycles. The third-order valence-corrected chi connectivity index (χ3v) is 3.70. The number of amides is 1. The Morgan fingerprint density at radius 1 is 1.12 bits per heavy atom. The molecule has 0 bridgehead atoms. The Labute approximate surface area is 146 Å². The minimum Gasteiger partial charge on any atom is -0.490 e. The normalized spacial score (nSPS) is 11.9. The summed E-state index contributed by atoms with van der Waals surface area (Å²) in [5, 5.41) is 2.88. The van der Waals surface area contributed by atoms with Crippen LogP contribution in [0.1, 0.15) is 25.7 Å². The highest BCUT2D eigenvalue weighted by Gasteiger charge is 2.14. The maximum atomic E-state index is 12.2. The van der Waals surface area contributed by atoms with E-state index in [0.717, 1.165) is 11.0 Å². The summed E-state index contributed by atoms with van der Waals surface area (Å²) in [5.74, 6) is 1.67. The SMILES string of the molecule is CCOc1ccccc1OCC(=O)NC(C)c1nc2ccccc2[nH]1. The number of hydrogen-bond acceptors (Lipinski definition) is 4. The average Bonchev–Trinajstić information content (AvgIpc) is 3.05. The van der Waals surface area contributed by atoms with Crippen LogP contribution in [-0.4, -0.2) is 29.1 Å². The van der Waals surface area contributed by atoms with Crippen LogP contribution in [0.5, 0.6) is 11.5 Å². The Hall–Kier alpha value is -3.02. The minimum atomic E-state index is -0.245. The molecule has 1 amide bonds. The Morgan fingerprint density at radius 2 is 1.80 bits per heavy atom. The maximum absolute atomic E-state index is 12.2. The fourth-order valence-electron chi connectivity index (χ4n) is 2.52. The predicted molar refractivity (Wildman–Crippen MR) is 95.8 cm³/mol. The first kappa shape index (κ1) is 16.8. The lowest BCUT2D eigenvalue weighted by Gasteiger charge is -2.14. The van der Waals surface area contributed by atoms with Crippen LogP contribution in [0.25, 0.3) is 11.0 Å². The molecular weight excluding hydrogens is 318 g/mol. The van der Waals surface area contributed by atoms with Crippen molar-refractivity contribution in [3.8, 4) is 11.5 Å². The van der Waals surface area contributed by atoms with E-state index < -0.39 is 0 Å². The zero-order valence-electron chi connectivity index (χ0n) is 14.3. The summed E-state index contributed by atoms with van der Waals surface area (Å²) < 4.78 is 11.1. The molecule has 2 N–H and O–H groups in total. The average molecular weight is 339 g/mol. The van der Waals surface area contributed by atoms with E-state index in [1.807, 2.05) is 56.3 Å². The Morgan fingerprint density at radius 3 is 2.52 bits per heavy atom. The van der Waals surface area contributed by atoms with Crippen molar-refractivity contribution in [2.45, 2.75) is 19.9 Å². The number of aromatic nitrogens is 2. The van der Waals surface area contributed by atoms with Crippen LogP contribution in [-0.2, 0) is 4.79 Å². The second-order valence-electron chi connectivity index (χ2n) is 5.60. The van der Waals surface area contributed by atoms with E-state index in [1.165, 1.54) is 0 Å². The second kappa shape index (κ2) is 7.70. The van der Waals surface area contributed by atoms with Gasteiger partial charge in [0.2, 0.25) is 0 Å². The molecule has 0 saturated carbocycles. The van der Waals surface area contributed by atoms with Crippen molar-refractivity contribution in [1.29, 1.82) is 0 Å². The highest BCUT2D eigenvalue weighted by Crippen LogP contribution is 2.26. The van der Waals surface area contributed by atoms with Gasteiger partial charge in [-0.1, -0.05) is 24.3 Å². The summed E-state index contributed by atoms with van der Waals surface area (Å²) in [7, 11) is 0. The second-order valence-corrected chi connectivity index (χ2v) is 5.60. The van der Waals surface area contributed by atoms with Gasteiger partial charge in [0.15, 0.2) is 18.1 Å². The molecule has 0 spiro atoms. The molecule has 25 heavy (non-hydrogen) atoms. The van der Waals surface area contributed by atoms with Crippen LogP contribution in [0, 0.1) is 0 Å². The monoisotopic (exact) mass is 339 g/mol. The van der Waals surface area contributed by atoms with Gasteiger partial charge in [-0.15, -0.1) is 0 Å². The Balaban J connectivity index is 1.59. The lowest BCUT2D eigenvalue weighted by Crippen LogP contribution is -2.31. The van der Waals surface area contributed by atoms with Crippen LogP contribution >= 0.6 is 0 Å². The van der Waals surface area contributed by atoms with E-state index in [9.17, 15) is 4.79 Å². The standard InChI is InChI=1S/C19H21N3O3/c1-3-24-16-10-6-7-11-17(16)25-12-18(23)20-13(2)19-21-14-8-4-5-9-15(14)22-19/h4-11,13H,3,12H2,1-2H3,(H,20,23)(H,21,22). The van der Waals surface area contributed by atoms with Crippen molar-refractivity contribution in [1.82, 2.24) is 15.3 Å². The zero-order valence-corrected chi connectivity index (χ0v) is 14.3. The fourth-order valence-corrected chi connectivity index (χ4v) is 2.52. The number of H-pyrrole nitrogens is 1. The predicted octanol–water partition coefficient (Wildman–Crippen LogP) is 3.22. The van der Waals surface area contributed by atoms with Crippen molar-refractivity contribution in [2.75, 3.05) is 13.2 Å². The van der Waals surface area contributed by atoms with E-state index in [1.54, 1.807) is 6.07 Å². The molecule has 0 aliphatic rings. The number of para-hydroxylation sites is 4. The molecular formula is C19H21N3O3. The molecule has 1 unspecified atom stereocenters. The van der Waals surface area contributed by atoms with Gasteiger partial charge in [-0.3, -0.25) is 4.79 Å². The van der Waals surface area contributed by atoms with Gasteiger partial charge in [-0.25, -0.2) is 4.98 Å². The number of hydrogen-bond donors (Lipinski definition) is 2. The maximum Gasteiger partial charge on any atom is 0.258 e. The van der Waals surface area contributed by atoms with E-state index in [0.29, 0.717) is 23.9 Å². The third-order valence-electron chi connectivity index (χ3n) is 3.70. The number of ether oxygens (including phenoxy) is 2. The molecule has 3 rings (SSSR count). The number of nitrogens with one attached hydrogen (secondary N) is 2. The minimum absolute atomic E-state index is 0.0886. The number of rotatable bonds is 7. The molecule has 3 aromatic rings.